The van der Waals surface area contributed by atoms with E-state index in [1.807, 2.05) is 42.5 Å². The van der Waals surface area contributed by atoms with Crippen molar-refractivity contribution in [2.24, 2.45) is 5.10 Å². The van der Waals surface area contributed by atoms with Crippen LogP contribution in [0.2, 0.25) is 0 Å². The van der Waals surface area contributed by atoms with Crippen LogP contribution in [0.1, 0.15) is 31.8 Å². The average Bonchev–Trinajstić information content (AvgIpc) is 2.79. The Balaban J connectivity index is 1.90. The maximum atomic E-state index is 11.7. The number of hydrogen-bond acceptors (Lipinski definition) is 6. The summed E-state index contributed by atoms with van der Waals surface area (Å²) in [6, 6.07) is 23.6. The maximum absolute atomic E-state index is 11.7. The van der Waals surface area contributed by atoms with Crippen LogP contribution < -0.4 is 5.43 Å². The molecule has 0 aromatic heterocycles. The molecule has 3 aromatic rings. The fourth-order valence-corrected chi connectivity index (χ4v) is 2.69. The maximum Gasteiger partial charge on any atom is 0.337 e. The number of rotatable bonds is 6. The van der Waals surface area contributed by atoms with E-state index in [1.54, 1.807) is 36.4 Å². The summed E-state index contributed by atoms with van der Waals surface area (Å²) >= 11 is 0. The molecule has 0 unspecified atom stereocenters. The van der Waals surface area contributed by atoms with Crippen LogP contribution in [-0.2, 0) is 9.47 Å². The lowest BCUT2D eigenvalue weighted by Gasteiger charge is -2.10. The molecule has 0 heterocycles. The molecule has 0 bridgehead atoms. The Morgan fingerprint density at radius 3 is 1.62 bits per heavy atom. The van der Waals surface area contributed by atoms with Crippen LogP contribution in [0.5, 0.6) is 0 Å². The summed E-state index contributed by atoms with van der Waals surface area (Å²) in [5, 5.41) is 4.56. The molecule has 0 fully saturated rings. The minimum atomic E-state index is -0.393. The highest BCUT2D eigenvalue weighted by molar-refractivity contribution is 6.13. The topological polar surface area (TPSA) is 77.0 Å². The van der Waals surface area contributed by atoms with E-state index < -0.39 is 11.9 Å². The van der Waals surface area contributed by atoms with Crippen molar-refractivity contribution in [2.45, 2.75) is 0 Å². The lowest BCUT2D eigenvalue weighted by atomic mass is 10.0. The predicted molar refractivity (Wildman–Crippen MR) is 111 cm³/mol. The largest absolute Gasteiger partial charge is 0.465 e. The second-order valence-electron chi connectivity index (χ2n) is 6.08. The number of hydrazone groups is 1. The van der Waals surface area contributed by atoms with Crippen LogP contribution in [0.3, 0.4) is 0 Å². The molecule has 29 heavy (non-hydrogen) atoms. The number of esters is 2. The van der Waals surface area contributed by atoms with Crippen molar-refractivity contribution in [2.75, 3.05) is 19.6 Å². The molecule has 0 saturated heterocycles. The molecule has 0 spiro atoms. The Kier molecular flexibility index (Phi) is 6.37. The zero-order valence-corrected chi connectivity index (χ0v) is 16.1. The summed E-state index contributed by atoms with van der Waals surface area (Å²) in [6.07, 6.45) is 0. The first-order valence-corrected chi connectivity index (χ1v) is 8.88. The van der Waals surface area contributed by atoms with Gasteiger partial charge in [0, 0.05) is 11.1 Å². The van der Waals surface area contributed by atoms with Gasteiger partial charge in [0.15, 0.2) is 0 Å². The quantitative estimate of drug-likeness (QED) is 0.390. The smallest absolute Gasteiger partial charge is 0.337 e. The van der Waals surface area contributed by atoms with Crippen molar-refractivity contribution in [3.63, 3.8) is 0 Å². The third-order valence-corrected chi connectivity index (χ3v) is 4.23. The van der Waals surface area contributed by atoms with Gasteiger partial charge < -0.3 is 9.47 Å². The number of methoxy groups -OCH3 is 2. The molecule has 0 amide bonds. The second-order valence-corrected chi connectivity index (χ2v) is 6.08. The van der Waals surface area contributed by atoms with Gasteiger partial charge in [0.2, 0.25) is 0 Å². The molecule has 3 rings (SSSR count). The van der Waals surface area contributed by atoms with Gasteiger partial charge in [-0.05, 0) is 36.4 Å². The van der Waals surface area contributed by atoms with E-state index in [0.717, 1.165) is 16.8 Å². The molecular formula is C23H20N2O4. The van der Waals surface area contributed by atoms with Crippen LogP contribution >= 0.6 is 0 Å². The first-order valence-electron chi connectivity index (χ1n) is 8.88. The monoisotopic (exact) mass is 388 g/mol. The summed E-state index contributed by atoms with van der Waals surface area (Å²) < 4.78 is 9.45. The summed E-state index contributed by atoms with van der Waals surface area (Å²) in [5.41, 5.74) is 7.12. The van der Waals surface area contributed by atoms with E-state index in [0.29, 0.717) is 16.8 Å². The Morgan fingerprint density at radius 1 is 0.655 bits per heavy atom. The molecule has 1 N–H and O–H groups in total. The molecule has 3 aromatic carbocycles. The van der Waals surface area contributed by atoms with E-state index in [-0.39, 0.29) is 0 Å². The minimum Gasteiger partial charge on any atom is -0.465 e. The Morgan fingerprint density at radius 2 is 1.10 bits per heavy atom. The molecule has 0 aliphatic rings. The van der Waals surface area contributed by atoms with Gasteiger partial charge in [-0.1, -0.05) is 42.5 Å². The third kappa shape index (κ3) is 4.87. The number of nitrogens with one attached hydrogen (secondary N) is 1. The zero-order chi connectivity index (χ0) is 20.6. The summed E-state index contributed by atoms with van der Waals surface area (Å²) in [7, 11) is 2.69. The fraction of sp³-hybridized carbons (Fsp3) is 0.0870. The lowest BCUT2D eigenvalue weighted by Crippen LogP contribution is -2.08. The summed E-state index contributed by atoms with van der Waals surface area (Å²) in [6.45, 7) is 0. The fourth-order valence-electron chi connectivity index (χ4n) is 2.69. The van der Waals surface area contributed by atoms with E-state index in [9.17, 15) is 9.59 Å². The number of ether oxygens (including phenoxy) is 2. The van der Waals surface area contributed by atoms with Crippen molar-refractivity contribution in [1.82, 2.24) is 0 Å². The van der Waals surface area contributed by atoms with Crippen molar-refractivity contribution in [3.05, 3.63) is 101 Å². The van der Waals surface area contributed by atoms with Gasteiger partial charge in [0.05, 0.1) is 36.7 Å². The van der Waals surface area contributed by atoms with Gasteiger partial charge in [-0.3, -0.25) is 5.43 Å². The number of anilines is 1. The van der Waals surface area contributed by atoms with E-state index >= 15 is 0 Å². The van der Waals surface area contributed by atoms with Gasteiger partial charge in [-0.15, -0.1) is 0 Å². The number of nitrogens with zero attached hydrogens (tertiary/aromatic N) is 1. The highest BCUT2D eigenvalue weighted by Crippen LogP contribution is 2.15. The van der Waals surface area contributed by atoms with Crippen molar-refractivity contribution in [1.29, 1.82) is 0 Å². The molecule has 0 atom stereocenters. The SMILES string of the molecule is COC(=O)c1ccc(N/N=C(\c2ccccc2)c2ccc(C(=O)OC)cc2)cc1. The lowest BCUT2D eigenvalue weighted by molar-refractivity contribution is 0.0592. The first kappa shape index (κ1) is 19.8. The Labute approximate surface area is 168 Å². The number of carbonyl (C=O) groups is 2. The second kappa shape index (κ2) is 9.32. The summed E-state index contributed by atoms with van der Waals surface area (Å²) in [5.74, 6) is -0.783. The average molecular weight is 388 g/mol. The molecule has 0 radical (unpaired) electrons. The Bertz CT molecular complexity index is 1010. The first-order chi connectivity index (χ1) is 14.1. The molecule has 0 aliphatic heterocycles. The van der Waals surface area contributed by atoms with Gasteiger partial charge in [-0.25, -0.2) is 9.59 Å². The van der Waals surface area contributed by atoms with Gasteiger partial charge in [-0.2, -0.15) is 5.10 Å². The van der Waals surface area contributed by atoms with Crippen LogP contribution in [-0.4, -0.2) is 31.9 Å². The van der Waals surface area contributed by atoms with Crippen LogP contribution in [0.15, 0.2) is 84.0 Å². The Hall–Kier alpha value is -3.93. The molecule has 0 aliphatic carbocycles. The highest BCUT2D eigenvalue weighted by Gasteiger charge is 2.10. The molecule has 0 saturated carbocycles. The van der Waals surface area contributed by atoms with Gasteiger partial charge in [0.1, 0.15) is 0 Å². The van der Waals surface area contributed by atoms with Crippen molar-refractivity contribution in [3.8, 4) is 0 Å². The van der Waals surface area contributed by atoms with E-state index in [4.69, 9.17) is 9.47 Å². The van der Waals surface area contributed by atoms with Gasteiger partial charge in [0.25, 0.3) is 0 Å². The van der Waals surface area contributed by atoms with E-state index in [1.165, 1.54) is 14.2 Å². The summed E-state index contributed by atoms with van der Waals surface area (Å²) in [4.78, 5) is 23.2. The van der Waals surface area contributed by atoms with Crippen LogP contribution in [0.4, 0.5) is 5.69 Å². The van der Waals surface area contributed by atoms with Crippen molar-refractivity contribution >= 4 is 23.3 Å². The molecule has 6 nitrogen and oxygen atoms in total. The number of carbonyl (C=O) groups excluding carboxylic acids is 2. The van der Waals surface area contributed by atoms with Crippen LogP contribution in [0.25, 0.3) is 0 Å². The number of benzene rings is 3. The zero-order valence-electron chi connectivity index (χ0n) is 16.1. The highest BCUT2D eigenvalue weighted by atomic mass is 16.5. The minimum absolute atomic E-state index is 0.390. The standard InChI is InChI=1S/C23H20N2O4/c1-28-22(26)18-10-8-17(9-11-18)21(16-6-4-3-5-7-16)25-24-20-14-12-19(13-15-20)23(27)29-2/h3-15,24H,1-2H3/b25-21+. The van der Waals surface area contributed by atoms with Gasteiger partial charge >= 0.3 is 11.9 Å². The molecular weight excluding hydrogens is 368 g/mol. The van der Waals surface area contributed by atoms with E-state index in [2.05, 4.69) is 10.5 Å². The van der Waals surface area contributed by atoms with Crippen LogP contribution in [0, 0.1) is 0 Å². The molecule has 6 heteroatoms. The van der Waals surface area contributed by atoms with Crippen molar-refractivity contribution < 1.29 is 19.1 Å². The molecule has 146 valence electrons. The number of hydrogen-bond donors (Lipinski definition) is 1. The third-order valence-electron chi connectivity index (χ3n) is 4.23. The predicted octanol–water partition coefficient (Wildman–Crippen LogP) is 4.12. The normalized spacial score (nSPS) is 10.9.